The minimum atomic E-state index is -2.34. The fraction of sp³-hybridized carbons (Fsp3) is 0.458. The molecular weight excluding hydrogens is 773 g/mol. The Hall–Kier alpha value is -5.04. The van der Waals surface area contributed by atoms with Crippen molar-refractivity contribution in [1.29, 1.82) is 0 Å². The highest BCUT2D eigenvalue weighted by atomic mass is 19.1. The number of allylic oxidation sites excluding steroid dienone is 4. The number of alkyl carbamates (subject to hydrolysis) is 1. The number of ketones is 2. The number of hydrogen-bond acceptors (Lipinski definition) is 9. The number of hydrogen-bond donors (Lipinski definition) is 2. The largest absolute Gasteiger partial charge is 0.454 e. The molecule has 10 atom stereocenters. The molecule has 1 unspecified atom stereocenters. The van der Waals surface area contributed by atoms with Crippen molar-refractivity contribution in [2.24, 2.45) is 22.7 Å². The van der Waals surface area contributed by atoms with Crippen molar-refractivity contribution in [3.8, 4) is 11.1 Å². The van der Waals surface area contributed by atoms with Gasteiger partial charge in [0.25, 0.3) is 0 Å². The third-order valence-electron chi connectivity index (χ3n) is 14.7. The Morgan fingerprint density at radius 2 is 1.62 bits per heavy atom. The molecule has 1 heterocycles. The number of aliphatic hydroxyl groups excluding tert-OH is 1. The summed E-state index contributed by atoms with van der Waals surface area (Å²) in [5, 5.41) is 14.6. The molecule has 3 aromatic carbocycles. The number of fused-ring (bicyclic) bond motifs is 10. The normalized spacial score (nSPS) is 34.6. The van der Waals surface area contributed by atoms with Crippen LogP contribution in [0, 0.1) is 22.7 Å². The van der Waals surface area contributed by atoms with Gasteiger partial charge in [0.2, 0.25) is 5.78 Å². The van der Waals surface area contributed by atoms with Crippen molar-refractivity contribution in [3.63, 3.8) is 0 Å². The molecule has 314 valence electrons. The summed E-state index contributed by atoms with van der Waals surface area (Å²) < 4.78 is 58.0. The van der Waals surface area contributed by atoms with Crippen molar-refractivity contribution in [1.82, 2.24) is 5.32 Å². The van der Waals surface area contributed by atoms with Gasteiger partial charge >= 0.3 is 12.1 Å². The standard InChI is InChI=1S/C48H49F2NO9/c1-4-9-42-59-41-22-35-36-21-38(49)37-20-29(52)18-19-45(37,2)47(36,50)39(53)23-46(35,3)48(41,60-42)40(54)26-57-43(55)28-16-14-27(15-17-28)24-51-44(56)58-25-34-32-12-7-5-10-30(32)31-11-6-8-13-33(31)34/h5-8,10-20,34-36,38-39,41-42,53H,4,9,21-26H2,1-3H3,(H,51,56)/t35-,36-,38-,39-,41+,42?,45-,46-,47-,48+/m0/s1. The molecule has 60 heavy (non-hydrogen) atoms. The molecule has 3 aromatic rings. The van der Waals surface area contributed by atoms with Crippen LogP contribution in [-0.4, -0.2) is 77.9 Å². The number of alkyl halides is 2. The third kappa shape index (κ3) is 5.95. The molecular formula is C48H49F2NO9. The highest BCUT2D eigenvalue weighted by Gasteiger charge is 2.80. The predicted molar refractivity (Wildman–Crippen MR) is 215 cm³/mol. The number of aliphatic hydroxyl groups is 1. The Kier molecular flexibility index (Phi) is 9.99. The minimum Gasteiger partial charge on any atom is -0.454 e. The molecule has 3 saturated carbocycles. The van der Waals surface area contributed by atoms with Crippen LogP contribution in [0.2, 0.25) is 0 Å². The second-order valence-electron chi connectivity index (χ2n) is 17.7. The van der Waals surface area contributed by atoms with Crippen LogP contribution >= 0.6 is 0 Å². The third-order valence-corrected chi connectivity index (χ3v) is 14.7. The van der Waals surface area contributed by atoms with Crippen molar-refractivity contribution in [2.75, 3.05) is 13.2 Å². The molecule has 4 fully saturated rings. The van der Waals surface area contributed by atoms with Gasteiger partial charge in [-0.1, -0.05) is 87.0 Å². The first-order valence-corrected chi connectivity index (χ1v) is 20.9. The van der Waals surface area contributed by atoms with E-state index in [1.54, 1.807) is 19.1 Å². The Labute approximate surface area is 347 Å². The van der Waals surface area contributed by atoms with E-state index in [1.165, 1.54) is 31.2 Å². The Bertz CT molecular complexity index is 2270. The van der Waals surface area contributed by atoms with Crippen LogP contribution in [0.3, 0.4) is 0 Å². The maximum absolute atomic E-state index is 17.8. The molecule has 1 amide bonds. The monoisotopic (exact) mass is 821 g/mol. The second kappa shape index (κ2) is 14.8. The molecule has 2 N–H and O–H groups in total. The first-order chi connectivity index (χ1) is 28.7. The second-order valence-corrected chi connectivity index (χ2v) is 17.7. The smallest absolute Gasteiger partial charge is 0.407 e. The quantitative estimate of drug-likeness (QED) is 0.198. The van der Waals surface area contributed by atoms with Crippen molar-refractivity contribution < 1.29 is 52.0 Å². The lowest BCUT2D eigenvalue weighted by atomic mass is 9.44. The Morgan fingerprint density at radius 3 is 2.30 bits per heavy atom. The van der Waals surface area contributed by atoms with Gasteiger partial charge in [0, 0.05) is 29.2 Å². The molecule has 1 aliphatic heterocycles. The van der Waals surface area contributed by atoms with Crippen LogP contribution in [-0.2, 0) is 35.1 Å². The van der Waals surface area contributed by atoms with Crippen LogP contribution in [0.5, 0.6) is 0 Å². The van der Waals surface area contributed by atoms with Crippen LogP contribution in [0.4, 0.5) is 13.6 Å². The minimum absolute atomic E-state index is 0.0164. The van der Waals surface area contributed by atoms with Gasteiger partial charge in [-0.3, -0.25) is 9.59 Å². The van der Waals surface area contributed by atoms with Gasteiger partial charge < -0.3 is 29.4 Å². The average Bonchev–Trinajstić information content (AvgIpc) is 3.85. The van der Waals surface area contributed by atoms with E-state index in [0.29, 0.717) is 18.4 Å². The molecule has 10 nitrogen and oxygen atoms in total. The lowest BCUT2D eigenvalue weighted by molar-refractivity contribution is -0.234. The number of rotatable bonds is 10. The zero-order chi connectivity index (χ0) is 42.2. The zero-order valence-corrected chi connectivity index (χ0v) is 33.8. The van der Waals surface area contributed by atoms with Crippen molar-refractivity contribution in [3.05, 3.63) is 119 Å². The Balaban J connectivity index is 0.854. The molecule has 0 radical (unpaired) electrons. The SMILES string of the molecule is CCCC1O[C@@H]2C[C@H]3[C@@H]4C[C@H](F)C5=CC(=O)C=C[C@]5(C)[C@@]4(F)[C@@H](O)C[C@]3(C)[C@]2(C(=O)COC(=O)c2ccc(CNC(=O)OCC3c4ccccc4-c4ccccc43)cc2)O1. The number of Topliss-reactive ketones (excluding diaryl/α,β-unsaturated/α-hetero) is 1. The molecule has 12 heteroatoms. The Morgan fingerprint density at radius 1 is 0.933 bits per heavy atom. The van der Waals surface area contributed by atoms with Gasteiger partial charge in [-0.15, -0.1) is 0 Å². The van der Waals surface area contributed by atoms with E-state index in [-0.39, 0.29) is 49.5 Å². The van der Waals surface area contributed by atoms with Gasteiger partial charge in [-0.25, -0.2) is 18.4 Å². The lowest BCUT2D eigenvalue weighted by Crippen LogP contribution is -2.71. The van der Waals surface area contributed by atoms with Crippen LogP contribution in [0.25, 0.3) is 11.1 Å². The molecule has 0 aromatic heterocycles. The fourth-order valence-electron chi connectivity index (χ4n) is 11.8. The maximum atomic E-state index is 17.8. The lowest BCUT2D eigenvalue weighted by Gasteiger charge is -2.63. The van der Waals surface area contributed by atoms with E-state index in [9.17, 15) is 24.3 Å². The van der Waals surface area contributed by atoms with Gasteiger partial charge in [0.05, 0.1) is 17.8 Å². The summed E-state index contributed by atoms with van der Waals surface area (Å²) in [6.45, 7) is 4.90. The number of benzene rings is 3. The summed E-state index contributed by atoms with van der Waals surface area (Å²) in [4.78, 5) is 52.9. The highest BCUT2D eigenvalue weighted by molar-refractivity contribution is 6.01. The number of carbonyl (C=O) groups is 4. The van der Waals surface area contributed by atoms with Gasteiger partial charge in [0.1, 0.15) is 12.8 Å². The fourth-order valence-corrected chi connectivity index (χ4v) is 11.8. The topological polar surface area (TPSA) is 137 Å². The summed E-state index contributed by atoms with van der Waals surface area (Å²) in [6, 6.07) is 22.6. The van der Waals surface area contributed by atoms with Gasteiger partial charge in [-0.05, 0) is 96.2 Å². The average molecular weight is 822 g/mol. The molecule has 9 rings (SSSR count). The van der Waals surface area contributed by atoms with Gasteiger partial charge in [-0.2, -0.15) is 0 Å². The number of nitrogens with one attached hydrogen (secondary N) is 1. The number of amides is 1. The summed E-state index contributed by atoms with van der Waals surface area (Å²) in [6.07, 6.45) is -0.835. The van der Waals surface area contributed by atoms with Crippen molar-refractivity contribution >= 4 is 23.6 Å². The summed E-state index contributed by atoms with van der Waals surface area (Å²) in [5.41, 5.74) is -1.44. The van der Waals surface area contributed by atoms with E-state index < -0.39 is 88.8 Å². The zero-order valence-electron chi connectivity index (χ0n) is 33.8. The molecule has 6 aliphatic rings. The van der Waals surface area contributed by atoms with Crippen LogP contribution in [0.1, 0.15) is 85.8 Å². The van der Waals surface area contributed by atoms with Crippen LogP contribution in [0.15, 0.2) is 96.6 Å². The summed E-state index contributed by atoms with van der Waals surface area (Å²) in [5.74, 6) is -3.52. The van der Waals surface area contributed by atoms with E-state index in [2.05, 4.69) is 29.6 Å². The van der Waals surface area contributed by atoms with E-state index in [0.717, 1.165) is 28.3 Å². The van der Waals surface area contributed by atoms with Crippen molar-refractivity contribution in [2.45, 2.75) is 101 Å². The first kappa shape index (κ1) is 40.4. The molecule has 5 aliphatic carbocycles. The van der Waals surface area contributed by atoms with Gasteiger partial charge in [0.15, 0.2) is 29.9 Å². The number of esters is 1. The molecule has 0 bridgehead atoms. The van der Waals surface area contributed by atoms with E-state index >= 15 is 8.78 Å². The summed E-state index contributed by atoms with van der Waals surface area (Å²) in [7, 11) is 0. The first-order valence-electron chi connectivity index (χ1n) is 20.9. The van der Waals surface area contributed by atoms with Crippen LogP contribution < -0.4 is 5.32 Å². The molecule has 1 saturated heterocycles. The van der Waals surface area contributed by atoms with E-state index in [1.807, 2.05) is 31.2 Å². The predicted octanol–water partition coefficient (Wildman–Crippen LogP) is 7.66. The number of ether oxygens (including phenoxy) is 4. The summed E-state index contributed by atoms with van der Waals surface area (Å²) >= 11 is 0. The number of carbonyl (C=O) groups excluding carboxylic acids is 4. The van der Waals surface area contributed by atoms with E-state index in [4.69, 9.17) is 18.9 Å². The number of halogens is 2. The molecule has 0 spiro atoms. The highest BCUT2D eigenvalue weighted by Crippen LogP contribution is 2.72. The maximum Gasteiger partial charge on any atom is 0.407 e.